The Kier molecular flexibility index (Phi) is 7.48. The summed E-state index contributed by atoms with van der Waals surface area (Å²) < 4.78 is 6.76. The van der Waals surface area contributed by atoms with Crippen LogP contribution in [0.25, 0.3) is 0 Å². The summed E-state index contributed by atoms with van der Waals surface area (Å²) in [5, 5.41) is 24.7. The zero-order valence-corrected chi connectivity index (χ0v) is 16.9. The van der Waals surface area contributed by atoms with Crippen molar-refractivity contribution in [1.29, 1.82) is 0 Å². The molecule has 0 radical (unpaired) electrons. The van der Waals surface area contributed by atoms with Crippen molar-refractivity contribution < 1.29 is 24.5 Å². The number of aliphatic carboxylic acids is 1. The number of methoxy groups -OCH3 is 1. The highest BCUT2D eigenvalue weighted by Gasteiger charge is 2.31. The quantitative estimate of drug-likeness (QED) is 0.638. The molecule has 2 aromatic rings. The van der Waals surface area contributed by atoms with Crippen LogP contribution in [0.4, 0.5) is 5.95 Å². The van der Waals surface area contributed by atoms with Crippen molar-refractivity contribution in [1.82, 2.24) is 25.1 Å². The maximum absolute atomic E-state index is 12.4. The molecule has 0 unspecified atom stereocenters. The number of ether oxygens (including phenoxy) is 1. The Morgan fingerprint density at radius 1 is 1.38 bits per heavy atom. The van der Waals surface area contributed by atoms with E-state index in [1.165, 1.54) is 0 Å². The molecular weight excluding hydrogens is 380 g/mol. The first-order valence-electron chi connectivity index (χ1n) is 9.02. The number of carbonyl (C=O) groups excluding carboxylic acids is 1. The van der Waals surface area contributed by atoms with E-state index in [0.717, 1.165) is 12.6 Å². The van der Waals surface area contributed by atoms with Crippen LogP contribution in [0.15, 0.2) is 18.3 Å². The number of hydrogen-bond acceptors (Lipinski definition) is 8. The Hall–Kier alpha value is -3.21. The van der Waals surface area contributed by atoms with Crippen molar-refractivity contribution in [2.45, 2.75) is 32.4 Å². The minimum atomic E-state index is -0.833. The van der Waals surface area contributed by atoms with Crippen LogP contribution in [-0.4, -0.2) is 74.2 Å². The molecule has 0 spiro atoms. The summed E-state index contributed by atoms with van der Waals surface area (Å²) in [4.78, 5) is 31.9. The van der Waals surface area contributed by atoms with Gasteiger partial charge in [0.15, 0.2) is 0 Å². The molecule has 3 rings (SSSR count). The molecular formula is C18H26N6O5. The predicted octanol–water partition coefficient (Wildman–Crippen LogP) is -0.0124. The Morgan fingerprint density at radius 2 is 2.07 bits per heavy atom. The number of aliphatic hydroxyl groups is 1. The number of carboxylic acids is 1. The van der Waals surface area contributed by atoms with Gasteiger partial charge in [-0.15, -0.1) is 0 Å². The van der Waals surface area contributed by atoms with E-state index >= 15 is 0 Å². The summed E-state index contributed by atoms with van der Waals surface area (Å²) in [6, 6.07) is 2.96. The Balaban J connectivity index is 0.000000687. The van der Waals surface area contributed by atoms with Crippen LogP contribution in [-0.2, 0) is 11.8 Å². The van der Waals surface area contributed by atoms with Gasteiger partial charge in [0.1, 0.15) is 5.69 Å². The first-order chi connectivity index (χ1) is 13.7. The molecule has 29 heavy (non-hydrogen) atoms. The molecule has 0 saturated carbocycles. The molecule has 1 aliphatic rings. The highest BCUT2D eigenvalue weighted by atomic mass is 16.5. The van der Waals surface area contributed by atoms with Crippen LogP contribution in [0, 0.1) is 6.92 Å². The molecule has 2 atom stereocenters. The van der Waals surface area contributed by atoms with Gasteiger partial charge in [0.2, 0.25) is 11.8 Å². The molecule has 158 valence electrons. The lowest BCUT2D eigenvalue weighted by molar-refractivity contribution is -0.134. The highest BCUT2D eigenvalue weighted by molar-refractivity contribution is 5.92. The lowest BCUT2D eigenvalue weighted by Gasteiger charge is -2.36. The number of aryl methyl sites for hydroxylation is 2. The summed E-state index contributed by atoms with van der Waals surface area (Å²) in [5.74, 6) is -0.152. The fourth-order valence-corrected chi connectivity index (χ4v) is 2.78. The van der Waals surface area contributed by atoms with E-state index < -0.39 is 18.1 Å². The zero-order valence-electron chi connectivity index (χ0n) is 16.9. The topological polar surface area (TPSA) is 143 Å². The van der Waals surface area contributed by atoms with Crippen molar-refractivity contribution in [3.63, 3.8) is 0 Å². The highest BCUT2D eigenvalue weighted by Crippen LogP contribution is 2.19. The molecule has 1 aliphatic heterocycles. The molecule has 11 nitrogen and oxygen atoms in total. The summed E-state index contributed by atoms with van der Waals surface area (Å²) in [7, 11) is 3.33. The molecule has 0 bridgehead atoms. The fraction of sp³-hybridized carbons (Fsp3) is 0.500. The van der Waals surface area contributed by atoms with E-state index in [2.05, 4.69) is 20.4 Å². The van der Waals surface area contributed by atoms with Gasteiger partial charge in [0.25, 0.3) is 11.9 Å². The van der Waals surface area contributed by atoms with E-state index in [4.69, 9.17) is 14.6 Å². The van der Waals surface area contributed by atoms with Crippen LogP contribution in [0.1, 0.15) is 29.5 Å². The van der Waals surface area contributed by atoms with Gasteiger partial charge in [-0.1, -0.05) is 0 Å². The third kappa shape index (κ3) is 6.14. The number of amides is 1. The lowest BCUT2D eigenvalue weighted by atomic mass is 10.0. The average Bonchev–Trinajstić information content (AvgIpc) is 3.02. The Bertz CT molecular complexity index is 832. The maximum atomic E-state index is 12.4. The summed E-state index contributed by atoms with van der Waals surface area (Å²) in [6.45, 7) is 3.97. The standard InChI is InChI=1S/C16H22N6O3.C2H4O2/c1-10-8-11(20-21(10)2)15(24)18-12-9-22(7-5-13(12)23)16-17-6-4-14(19-16)25-3;1-2(3)4/h4,6,8,12-13,23H,5,7,9H2,1-3H3,(H,18,24);1H3,(H,3,4)/t12-,13+;/m1./s1. The molecule has 2 aromatic heterocycles. The minimum Gasteiger partial charge on any atom is -0.481 e. The van der Waals surface area contributed by atoms with E-state index in [9.17, 15) is 9.90 Å². The number of hydrogen-bond donors (Lipinski definition) is 3. The number of nitrogens with zero attached hydrogens (tertiary/aromatic N) is 5. The maximum Gasteiger partial charge on any atom is 0.300 e. The second-order valence-corrected chi connectivity index (χ2v) is 6.59. The molecule has 1 saturated heterocycles. The molecule has 0 aromatic carbocycles. The summed E-state index contributed by atoms with van der Waals surface area (Å²) in [5.41, 5.74) is 1.22. The van der Waals surface area contributed by atoms with Gasteiger partial charge in [0, 0.05) is 45.0 Å². The predicted molar refractivity (Wildman–Crippen MR) is 104 cm³/mol. The van der Waals surface area contributed by atoms with Gasteiger partial charge in [-0.3, -0.25) is 14.3 Å². The molecule has 3 heterocycles. The average molecular weight is 406 g/mol. The SMILES string of the molecule is CC(=O)O.COc1ccnc(N2CC[C@H](O)[C@H](NC(=O)c3cc(C)n(C)n3)C2)n1. The van der Waals surface area contributed by atoms with Crippen LogP contribution >= 0.6 is 0 Å². The number of carbonyl (C=O) groups is 2. The van der Waals surface area contributed by atoms with Gasteiger partial charge in [0.05, 0.1) is 19.3 Å². The minimum absolute atomic E-state index is 0.304. The van der Waals surface area contributed by atoms with E-state index in [1.807, 2.05) is 11.8 Å². The van der Waals surface area contributed by atoms with E-state index in [-0.39, 0.29) is 5.91 Å². The van der Waals surface area contributed by atoms with Crippen LogP contribution in [0.2, 0.25) is 0 Å². The van der Waals surface area contributed by atoms with Crippen molar-refractivity contribution in [2.24, 2.45) is 7.05 Å². The third-order valence-electron chi connectivity index (χ3n) is 4.35. The smallest absolute Gasteiger partial charge is 0.300 e. The fourth-order valence-electron chi connectivity index (χ4n) is 2.78. The van der Waals surface area contributed by atoms with Crippen molar-refractivity contribution in [3.8, 4) is 5.88 Å². The summed E-state index contributed by atoms with van der Waals surface area (Å²) >= 11 is 0. The Morgan fingerprint density at radius 3 is 2.66 bits per heavy atom. The number of piperidine rings is 1. The van der Waals surface area contributed by atoms with Gasteiger partial charge >= 0.3 is 0 Å². The number of rotatable bonds is 4. The van der Waals surface area contributed by atoms with Crippen molar-refractivity contribution in [2.75, 3.05) is 25.1 Å². The van der Waals surface area contributed by atoms with E-state index in [0.29, 0.717) is 37.0 Å². The van der Waals surface area contributed by atoms with E-state index in [1.54, 1.807) is 37.2 Å². The monoisotopic (exact) mass is 406 g/mol. The second kappa shape index (κ2) is 9.82. The molecule has 1 amide bonds. The largest absolute Gasteiger partial charge is 0.481 e. The van der Waals surface area contributed by atoms with Gasteiger partial charge in [-0.25, -0.2) is 4.98 Å². The third-order valence-corrected chi connectivity index (χ3v) is 4.35. The van der Waals surface area contributed by atoms with Crippen molar-refractivity contribution in [3.05, 3.63) is 29.7 Å². The molecule has 0 aliphatic carbocycles. The zero-order chi connectivity index (χ0) is 21.6. The number of aliphatic hydroxyl groups excluding tert-OH is 1. The van der Waals surface area contributed by atoms with Crippen LogP contribution in [0.5, 0.6) is 5.88 Å². The lowest BCUT2D eigenvalue weighted by Crippen LogP contribution is -2.55. The van der Waals surface area contributed by atoms with Gasteiger partial charge in [-0.2, -0.15) is 10.1 Å². The number of carboxylic acid groups (broad SMARTS) is 1. The molecule has 3 N–H and O–H groups in total. The normalized spacial score (nSPS) is 18.4. The first-order valence-corrected chi connectivity index (χ1v) is 9.02. The van der Waals surface area contributed by atoms with Crippen LogP contribution in [0.3, 0.4) is 0 Å². The first kappa shape index (κ1) is 22.1. The van der Waals surface area contributed by atoms with Gasteiger partial charge < -0.3 is 25.2 Å². The number of aromatic nitrogens is 4. The molecule has 1 fully saturated rings. The Labute approximate surface area is 168 Å². The van der Waals surface area contributed by atoms with Crippen LogP contribution < -0.4 is 15.0 Å². The van der Waals surface area contributed by atoms with Gasteiger partial charge in [-0.05, 0) is 19.4 Å². The number of nitrogens with one attached hydrogen (secondary N) is 1. The summed E-state index contributed by atoms with van der Waals surface area (Å²) in [6.07, 6.45) is 1.50. The van der Waals surface area contributed by atoms with Crippen molar-refractivity contribution >= 4 is 17.8 Å². The number of anilines is 1. The molecule has 11 heteroatoms. The second-order valence-electron chi connectivity index (χ2n) is 6.59.